The predicted molar refractivity (Wildman–Crippen MR) is 111 cm³/mol. The summed E-state index contributed by atoms with van der Waals surface area (Å²) in [4.78, 5) is 12.0. The van der Waals surface area contributed by atoms with Crippen LogP contribution in [0.25, 0.3) is 5.82 Å². The first-order valence-electron chi connectivity index (χ1n) is 9.28. The first-order chi connectivity index (χ1) is 14.7. The van der Waals surface area contributed by atoms with Crippen LogP contribution in [0.15, 0.2) is 79.0 Å². The summed E-state index contributed by atoms with van der Waals surface area (Å²) in [6.45, 7) is 1.84. The molecular formula is C22H19N5O3. The van der Waals surface area contributed by atoms with Crippen molar-refractivity contribution >= 4 is 11.6 Å². The average molecular weight is 401 g/mol. The molecule has 0 bridgehead atoms. The van der Waals surface area contributed by atoms with Crippen molar-refractivity contribution in [2.75, 3.05) is 11.9 Å². The number of carbonyl (C=O) groups is 1. The molecule has 2 aromatic carbocycles. The van der Waals surface area contributed by atoms with E-state index in [-0.39, 0.29) is 12.5 Å². The Bertz CT molecular complexity index is 1110. The normalized spacial score (nSPS) is 10.4. The van der Waals surface area contributed by atoms with Gasteiger partial charge in [-0.15, -0.1) is 10.2 Å². The first kappa shape index (κ1) is 19.1. The molecule has 4 aromatic rings. The fraction of sp³-hybridized carbons (Fsp3) is 0.0909. The number of amides is 1. The fourth-order valence-electron chi connectivity index (χ4n) is 2.62. The quantitative estimate of drug-likeness (QED) is 0.507. The zero-order valence-electron chi connectivity index (χ0n) is 16.2. The van der Waals surface area contributed by atoms with Crippen LogP contribution in [-0.2, 0) is 4.79 Å². The third kappa shape index (κ3) is 4.99. The van der Waals surface area contributed by atoms with Crippen molar-refractivity contribution in [2.45, 2.75) is 6.92 Å². The van der Waals surface area contributed by atoms with Gasteiger partial charge in [-0.3, -0.25) is 4.79 Å². The van der Waals surface area contributed by atoms with Gasteiger partial charge in [0, 0.05) is 18.0 Å². The summed E-state index contributed by atoms with van der Waals surface area (Å²) in [7, 11) is 0. The van der Waals surface area contributed by atoms with Crippen LogP contribution < -0.4 is 14.8 Å². The van der Waals surface area contributed by atoms with E-state index < -0.39 is 0 Å². The van der Waals surface area contributed by atoms with E-state index in [0.717, 1.165) is 5.69 Å². The maximum atomic E-state index is 12.0. The average Bonchev–Trinajstić information content (AvgIpc) is 3.21. The molecule has 0 saturated heterocycles. The number of hydrogen-bond acceptors (Lipinski definition) is 6. The molecule has 30 heavy (non-hydrogen) atoms. The molecule has 4 rings (SSSR count). The van der Waals surface area contributed by atoms with Gasteiger partial charge in [-0.1, -0.05) is 18.2 Å². The Morgan fingerprint density at radius 2 is 1.73 bits per heavy atom. The van der Waals surface area contributed by atoms with Crippen LogP contribution in [0, 0.1) is 6.92 Å². The van der Waals surface area contributed by atoms with Gasteiger partial charge in [0.1, 0.15) is 11.5 Å². The van der Waals surface area contributed by atoms with Gasteiger partial charge in [0.2, 0.25) is 5.88 Å². The molecule has 1 amide bonds. The Morgan fingerprint density at radius 1 is 0.933 bits per heavy atom. The third-order valence-corrected chi connectivity index (χ3v) is 4.06. The van der Waals surface area contributed by atoms with Crippen LogP contribution in [-0.4, -0.2) is 32.5 Å². The number of rotatable bonds is 7. The summed E-state index contributed by atoms with van der Waals surface area (Å²) in [5.41, 5.74) is 1.54. The van der Waals surface area contributed by atoms with Crippen molar-refractivity contribution < 1.29 is 14.3 Å². The molecule has 0 unspecified atom stereocenters. The molecule has 0 fully saturated rings. The van der Waals surface area contributed by atoms with Crippen molar-refractivity contribution in [3.63, 3.8) is 0 Å². The lowest BCUT2D eigenvalue weighted by Crippen LogP contribution is -2.20. The van der Waals surface area contributed by atoms with Crippen molar-refractivity contribution in [1.82, 2.24) is 20.0 Å². The largest absolute Gasteiger partial charge is 0.484 e. The number of anilines is 1. The van der Waals surface area contributed by atoms with E-state index in [4.69, 9.17) is 9.47 Å². The van der Waals surface area contributed by atoms with E-state index in [9.17, 15) is 4.79 Å². The Balaban J connectivity index is 1.30. The van der Waals surface area contributed by atoms with Gasteiger partial charge in [0.05, 0.1) is 5.69 Å². The van der Waals surface area contributed by atoms with Crippen LogP contribution in [0.2, 0.25) is 0 Å². The van der Waals surface area contributed by atoms with Crippen molar-refractivity contribution in [3.8, 4) is 23.2 Å². The van der Waals surface area contributed by atoms with Gasteiger partial charge in [0.15, 0.2) is 12.4 Å². The molecule has 8 heteroatoms. The number of benzene rings is 2. The van der Waals surface area contributed by atoms with E-state index in [1.165, 1.54) is 0 Å². The first-order valence-corrected chi connectivity index (χ1v) is 9.28. The minimum atomic E-state index is -0.247. The summed E-state index contributed by atoms with van der Waals surface area (Å²) < 4.78 is 12.8. The summed E-state index contributed by atoms with van der Waals surface area (Å²) >= 11 is 0. The lowest BCUT2D eigenvalue weighted by Gasteiger charge is -2.09. The van der Waals surface area contributed by atoms with Gasteiger partial charge in [-0.05, 0) is 55.5 Å². The SMILES string of the molecule is Cc1ccn(-c2ccc(Oc3ccc(NC(=O)COc4ccccc4)cc3)nn2)n1. The molecule has 0 saturated carbocycles. The zero-order chi connectivity index (χ0) is 20.8. The highest BCUT2D eigenvalue weighted by Crippen LogP contribution is 2.21. The number of hydrogen-bond donors (Lipinski definition) is 1. The summed E-state index contributed by atoms with van der Waals surface area (Å²) in [5, 5.41) is 15.2. The summed E-state index contributed by atoms with van der Waals surface area (Å²) in [5.74, 6) is 1.93. The number of aromatic nitrogens is 4. The molecule has 2 aromatic heterocycles. The van der Waals surface area contributed by atoms with Gasteiger partial charge >= 0.3 is 0 Å². The smallest absolute Gasteiger partial charge is 0.262 e. The third-order valence-electron chi connectivity index (χ3n) is 4.06. The molecule has 0 radical (unpaired) electrons. The van der Waals surface area contributed by atoms with Gasteiger partial charge in [0.25, 0.3) is 5.91 Å². The Labute approximate surface area is 173 Å². The molecule has 2 heterocycles. The minimum absolute atomic E-state index is 0.0695. The van der Waals surface area contributed by atoms with E-state index in [1.807, 2.05) is 37.4 Å². The van der Waals surface area contributed by atoms with Crippen molar-refractivity contribution in [2.24, 2.45) is 0 Å². The number of para-hydroxylation sites is 1. The molecule has 0 aliphatic carbocycles. The number of aryl methyl sites for hydroxylation is 1. The molecule has 0 aliphatic rings. The number of nitrogens with zero attached hydrogens (tertiary/aromatic N) is 4. The summed E-state index contributed by atoms with van der Waals surface area (Å²) in [6, 6.07) is 21.5. The molecular weight excluding hydrogens is 382 g/mol. The van der Waals surface area contributed by atoms with E-state index in [1.54, 1.807) is 53.2 Å². The van der Waals surface area contributed by atoms with E-state index >= 15 is 0 Å². The van der Waals surface area contributed by atoms with Crippen LogP contribution >= 0.6 is 0 Å². The molecule has 0 atom stereocenters. The van der Waals surface area contributed by atoms with E-state index in [2.05, 4.69) is 20.6 Å². The van der Waals surface area contributed by atoms with Gasteiger partial charge < -0.3 is 14.8 Å². The highest BCUT2D eigenvalue weighted by Gasteiger charge is 2.06. The fourth-order valence-corrected chi connectivity index (χ4v) is 2.62. The Morgan fingerprint density at radius 3 is 2.40 bits per heavy atom. The lowest BCUT2D eigenvalue weighted by atomic mass is 10.3. The topological polar surface area (TPSA) is 91.2 Å². The minimum Gasteiger partial charge on any atom is -0.484 e. The summed E-state index contributed by atoms with van der Waals surface area (Å²) in [6.07, 6.45) is 1.82. The second-order valence-electron chi connectivity index (χ2n) is 6.41. The van der Waals surface area contributed by atoms with Gasteiger partial charge in [-0.2, -0.15) is 5.10 Å². The van der Waals surface area contributed by atoms with Crippen LogP contribution in [0.4, 0.5) is 5.69 Å². The second-order valence-corrected chi connectivity index (χ2v) is 6.41. The second kappa shape index (κ2) is 8.87. The Kier molecular flexibility index (Phi) is 5.66. The maximum absolute atomic E-state index is 12.0. The van der Waals surface area contributed by atoms with E-state index in [0.29, 0.717) is 28.9 Å². The number of carbonyl (C=O) groups excluding carboxylic acids is 1. The molecule has 8 nitrogen and oxygen atoms in total. The molecule has 1 N–H and O–H groups in total. The lowest BCUT2D eigenvalue weighted by molar-refractivity contribution is -0.118. The molecule has 0 spiro atoms. The monoisotopic (exact) mass is 401 g/mol. The highest BCUT2D eigenvalue weighted by molar-refractivity contribution is 5.91. The van der Waals surface area contributed by atoms with Crippen molar-refractivity contribution in [1.29, 1.82) is 0 Å². The number of nitrogens with one attached hydrogen (secondary N) is 1. The predicted octanol–water partition coefficient (Wildman–Crippen LogP) is 3.78. The van der Waals surface area contributed by atoms with Crippen LogP contribution in [0.5, 0.6) is 17.4 Å². The molecule has 0 aliphatic heterocycles. The maximum Gasteiger partial charge on any atom is 0.262 e. The van der Waals surface area contributed by atoms with Crippen molar-refractivity contribution in [3.05, 3.63) is 84.7 Å². The van der Waals surface area contributed by atoms with Gasteiger partial charge in [-0.25, -0.2) is 4.68 Å². The Hall–Kier alpha value is -4.20. The number of ether oxygens (including phenoxy) is 2. The standard InChI is InChI=1S/C22H19N5O3/c1-16-13-14-27(26-16)20-11-12-22(25-24-20)30-19-9-7-17(8-10-19)23-21(28)15-29-18-5-3-2-4-6-18/h2-14H,15H2,1H3,(H,23,28). The zero-order valence-corrected chi connectivity index (χ0v) is 16.2. The van der Waals surface area contributed by atoms with Crippen LogP contribution in [0.1, 0.15) is 5.69 Å². The highest BCUT2D eigenvalue weighted by atomic mass is 16.5. The molecule has 150 valence electrons. The van der Waals surface area contributed by atoms with Crippen LogP contribution in [0.3, 0.4) is 0 Å².